The minimum Gasteiger partial charge on any atom is -0.464 e. The van der Waals surface area contributed by atoms with Gasteiger partial charge in [0.1, 0.15) is 6.61 Å². The number of hydrogen-bond donors (Lipinski definition) is 1. The van der Waals surface area contributed by atoms with Crippen molar-refractivity contribution in [1.82, 2.24) is 5.16 Å². The molecule has 0 bridgehead atoms. The third-order valence-electron chi connectivity index (χ3n) is 5.75. The zero-order valence-electron chi connectivity index (χ0n) is 19.6. The minimum atomic E-state index is -0.560. The molecule has 0 aliphatic carbocycles. The van der Waals surface area contributed by atoms with Crippen LogP contribution in [-0.4, -0.2) is 36.9 Å². The van der Waals surface area contributed by atoms with Crippen molar-refractivity contribution in [3.63, 3.8) is 0 Å². The Hall–Kier alpha value is -1.89. The molecule has 1 aliphatic heterocycles. The van der Waals surface area contributed by atoms with E-state index in [-0.39, 0.29) is 18.5 Å². The van der Waals surface area contributed by atoms with Crippen LogP contribution in [0.1, 0.15) is 79.8 Å². The second kappa shape index (κ2) is 9.50. The van der Waals surface area contributed by atoms with E-state index in [2.05, 4.69) is 10.5 Å². The molecule has 0 saturated carbocycles. The van der Waals surface area contributed by atoms with Crippen molar-refractivity contribution in [2.45, 2.75) is 79.6 Å². The largest absolute Gasteiger partial charge is 0.464 e. The van der Waals surface area contributed by atoms with E-state index in [1.165, 1.54) is 0 Å². The van der Waals surface area contributed by atoms with Crippen molar-refractivity contribution < 1.29 is 23.6 Å². The number of ether oxygens (including phenoxy) is 2. The average Bonchev–Trinajstić information content (AvgIpc) is 3.14. The van der Waals surface area contributed by atoms with Crippen molar-refractivity contribution in [3.8, 4) is 0 Å². The Kier molecular flexibility index (Phi) is 7.72. The summed E-state index contributed by atoms with van der Waals surface area (Å²) in [6, 6.07) is 1.71. The van der Waals surface area contributed by atoms with Crippen LogP contribution < -0.4 is 5.32 Å². The van der Waals surface area contributed by atoms with Crippen molar-refractivity contribution in [3.05, 3.63) is 11.8 Å². The fourth-order valence-electron chi connectivity index (χ4n) is 3.18. The van der Waals surface area contributed by atoms with Gasteiger partial charge in [-0.1, -0.05) is 32.9 Å². The molecule has 1 fully saturated rings. The van der Waals surface area contributed by atoms with Gasteiger partial charge in [0.25, 0.3) is 0 Å². The third-order valence-corrected chi connectivity index (χ3v) is 5.75. The Morgan fingerprint density at radius 3 is 2.37 bits per heavy atom. The van der Waals surface area contributed by atoms with E-state index in [1.54, 1.807) is 6.07 Å². The second-order valence-electron chi connectivity index (χ2n) is 10.7. The number of aromatic nitrogens is 1. The van der Waals surface area contributed by atoms with Crippen LogP contribution in [0.3, 0.4) is 0 Å². The SMILES string of the molecule is CC(C)(C)C(=O)OCC(C)(C)c1cc(NC(=O)C(C)(C)CCC2CCOCC2)on1. The topological polar surface area (TPSA) is 90.7 Å². The number of carbonyl (C=O) groups excluding carboxylic acids is 2. The lowest BCUT2D eigenvalue weighted by atomic mass is 9.82. The molecule has 0 unspecified atom stereocenters. The van der Waals surface area contributed by atoms with Crippen molar-refractivity contribution in [2.24, 2.45) is 16.7 Å². The highest BCUT2D eigenvalue weighted by Gasteiger charge is 2.32. The van der Waals surface area contributed by atoms with Crippen LogP contribution in [0.4, 0.5) is 5.88 Å². The first-order chi connectivity index (χ1) is 13.8. The summed E-state index contributed by atoms with van der Waals surface area (Å²) in [6.45, 7) is 15.0. The van der Waals surface area contributed by atoms with Gasteiger partial charge in [-0.3, -0.25) is 14.9 Å². The van der Waals surface area contributed by atoms with Gasteiger partial charge in [-0.05, 0) is 52.4 Å². The smallest absolute Gasteiger partial charge is 0.311 e. The summed E-state index contributed by atoms with van der Waals surface area (Å²) in [5.74, 6) is 0.580. The standard InChI is InChI=1S/C23H38N2O5/c1-21(2,3)20(27)29-15-23(6,7)17-14-18(30-25-17)24-19(26)22(4,5)11-8-16-9-12-28-13-10-16/h14,16H,8-13,15H2,1-7H3,(H,24,26). The number of amides is 1. The van der Waals surface area contributed by atoms with Crippen LogP contribution in [0.5, 0.6) is 0 Å². The first-order valence-electron chi connectivity index (χ1n) is 10.8. The fraction of sp³-hybridized carbons (Fsp3) is 0.783. The highest BCUT2D eigenvalue weighted by molar-refractivity contribution is 5.93. The van der Waals surface area contributed by atoms with Gasteiger partial charge in [0.2, 0.25) is 11.8 Å². The van der Waals surface area contributed by atoms with E-state index >= 15 is 0 Å². The van der Waals surface area contributed by atoms with Crippen molar-refractivity contribution >= 4 is 17.8 Å². The molecule has 1 saturated heterocycles. The number of hydrogen-bond acceptors (Lipinski definition) is 6. The minimum absolute atomic E-state index is 0.0887. The summed E-state index contributed by atoms with van der Waals surface area (Å²) < 4.78 is 16.2. The molecule has 1 aliphatic rings. The Labute approximate surface area is 180 Å². The second-order valence-corrected chi connectivity index (χ2v) is 10.7. The maximum atomic E-state index is 12.8. The van der Waals surface area contributed by atoms with Crippen LogP contribution in [0.25, 0.3) is 0 Å². The van der Waals surface area contributed by atoms with Gasteiger partial charge in [-0.25, -0.2) is 0 Å². The number of anilines is 1. The number of nitrogens with one attached hydrogen (secondary N) is 1. The van der Waals surface area contributed by atoms with E-state index in [0.29, 0.717) is 17.5 Å². The van der Waals surface area contributed by atoms with Gasteiger partial charge in [0, 0.05) is 30.1 Å². The highest BCUT2D eigenvalue weighted by atomic mass is 16.5. The van der Waals surface area contributed by atoms with E-state index in [4.69, 9.17) is 14.0 Å². The van der Waals surface area contributed by atoms with Gasteiger partial charge in [0.05, 0.1) is 11.1 Å². The lowest BCUT2D eigenvalue weighted by Crippen LogP contribution is -2.32. The number of rotatable bonds is 8. The van der Waals surface area contributed by atoms with Crippen molar-refractivity contribution in [1.29, 1.82) is 0 Å². The van der Waals surface area contributed by atoms with E-state index in [0.717, 1.165) is 38.9 Å². The quantitative estimate of drug-likeness (QED) is 0.610. The molecular formula is C23H38N2O5. The van der Waals surface area contributed by atoms with Gasteiger partial charge in [0.15, 0.2) is 0 Å². The zero-order chi connectivity index (χ0) is 22.6. The van der Waals surface area contributed by atoms with Crippen LogP contribution >= 0.6 is 0 Å². The predicted octanol–water partition coefficient (Wildman–Crippen LogP) is 4.71. The molecule has 1 amide bonds. The van der Waals surface area contributed by atoms with Crippen LogP contribution in [0.15, 0.2) is 10.6 Å². The van der Waals surface area contributed by atoms with Gasteiger partial charge < -0.3 is 14.0 Å². The van der Waals surface area contributed by atoms with E-state index in [9.17, 15) is 9.59 Å². The average molecular weight is 423 g/mol. The number of esters is 1. The molecule has 2 rings (SSSR count). The zero-order valence-corrected chi connectivity index (χ0v) is 19.6. The maximum absolute atomic E-state index is 12.8. The first-order valence-corrected chi connectivity index (χ1v) is 10.8. The van der Waals surface area contributed by atoms with E-state index < -0.39 is 16.2 Å². The fourth-order valence-corrected chi connectivity index (χ4v) is 3.18. The molecule has 30 heavy (non-hydrogen) atoms. The molecular weight excluding hydrogens is 384 g/mol. The van der Waals surface area contributed by atoms with Gasteiger partial charge >= 0.3 is 5.97 Å². The number of carbonyl (C=O) groups is 2. The summed E-state index contributed by atoms with van der Waals surface area (Å²) in [4.78, 5) is 24.8. The summed E-state index contributed by atoms with van der Waals surface area (Å²) in [5.41, 5.74) is -0.982. The molecule has 0 atom stereocenters. The molecule has 1 N–H and O–H groups in total. The predicted molar refractivity (Wildman–Crippen MR) is 115 cm³/mol. The Morgan fingerprint density at radius 2 is 1.77 bits per heavy atom. The lowest BCUT2D eigenvalue weighted by molar-refractivity contribution is -0.154. The van der Waals surface area contributed by atoms with Crippen molar-refractivity contribution in [2.75, 3.05) is 25.1 Å². The molecule has 0 radical (unpaired) electrons. The maximum Gasteiger partial charge on any atom is 0.311 e. The molecule has 170 valence electrons. The van der Waals surface area contributed by atoms with Crippen LogP contribution in [-0.2, 0) is 24.5 Å². The van der Waals surface area contributed by atoms with Crippen LogP contribution in [0.2, 0.25) is 0 Å². The molecule has 7 nitrogen and oxygen atoms in total. The summed E-state index contributed by atoms with van der Waals surface area (Å²) in [7, 11) is 0. The van der Waals surface area contributed by atoms with Gasteiger partial charge in [-0.2, -0.15) is 0 Å². The van der Waals surface area contributed by atoms with Gasteiger partial charge in [-0.15, -0.1) is 0 Å². The summed E-state index contributed by atoms with van der Waals surface area (Å²) >= 11 is 0. The Morgan fingerprint density at radius 1 is 1.13 bits per heavy atom. The summed E-state index contributed by atoms with van der Waals surface area (Å²) in [5, 5.41) is 6.94. The molecule has 1 aromatic rings. The molecule has 0 spiro atoms. The molecule has 1 aromatic heterocycles. The number of nitrogens with zero attached hydrogens (tertiary/aromatic N) is 1. The Bertz CT molecular complexity index is 724. The van der Waals surface area contributed by atoms with Crippen LogP contribution in [0, 0.1) is 16.7 Å². The Balaban J connectivity index is 1.91. The lowest BCUT2D eigenvalue weighted by Gasteiger charge is -2.27. The highest BCUT2D eigenvalue weighted by Crippen LogP contribution is 2.31. The third kappa shape index (κ3) is 6.83. The monoisotopic (exact) mass is 422 g/mol. The normalized spacial score (nSPS) is 16.4. The molecule has 2 heterocycles. The summed E-state index contributed by atoms with van der Waals surface area (Å²) in [6.07, 6.45) is 3.95. The molecule has 7 heteroatoms. The molecule has 0 aromatic carbocycles. The van der Waals surface area contributed by atoms with E-state index in [1.807, 2.05) is 48.5 Å². The first kappa shape index (κ1) is 24.4.